The fourth-order valence-corrected chi connectivity index (χ4v) is 1.72. The third-order valence-electron chi connectivity index (χ3n) is 2.63. The molecular formula is C13H15N3O3. The lowest BCUT2D eigenvalue weighted by molar-refractivity contribution is 0.0697. The Morgan fingerprint density at radius 1 is 1.42 bits per heavy atom. The van der Waals surface area contributed by atoms with Crippen LogP contribution in [0.4, 0.5) is 5.82 Å². The molecule has 6 heteroatoms. The van der Waals surface area contributed by atoms with Gasteiger partial charge in [-0.25, -0.2) is 14.8 Å². The molecule has 0 saturated heterocycles. The Kier molecular flexibility index (Phi) is 4.25. The summed E-state index contributed by atoms with van der Waals surface area (Å²) in [5, 5.41) is 12.9. The second kappa shape index (κ2) is 6.10. The van der Waals surface area contributed by atoms with Crippen molar-refractivity contribution in [3.63, 3.8) is 0 Å². The van der Waals surface area contributed by atoms with Crippen LogP contribution >= 0.6 is 0 Å². The van der Waals surface area contributed by atoms with Gasteiger partial charge in [-0.2, -0.15) is 0 Å². The molecule has 0 bridgehead atoms. The Morgan fingerprint density at radius 2 is 2.26 bits per heavy atom. The summed E-state index contributed by atoms with van der Waals surface area (Å²) in [4.78, 5) is 19.1. The molecular weight excluding hydrogens is 246 g/mol. The first-order valence-corrected chi connectivity index (χ1v) is 6.02. The zero-order valence-electron chi connectivity index (χ0n) is 10.6. The van der Waals surface area contributed by atoms with E-state index < -0.39 is 5.97 Å². The summed E-state index contributed by atoms with van der Waals surface area (Å²) in [6, 6.07) is 4.79. The molecule has 6 nitrogen and oxygen atoms in total. The molecule has 0 radical (unpaired) electrons. The lowest BCUT2D eigenvalue weighted by Gasteiger charge is -2.08. The Bertz CT molecular complexity index is 586. The van der Waals surface area contributed by atoms with Gasteiger partial charge in [0.1, 0.15) is 12.1 Å². The minimum absolute atomic E-state index is 0.214. The van der Waals surface area contributed by atoms with Crippen molar-refractivity contribution in [3.05, 3.63) is 30.1 Å². The van der Waals surface area contributed by atoms with E-state index in [9.17, 15) is 4.79 Å². The molecule has 0 aliphatic heterocycles. The van der Waals surface area contributed by atoms with Crippen LogP contribution in [0.1, 0.15) is 17.3 Å². The number of carboxylic acids is 1. The van der Waals surface area contributed by atoms with E-state index in [2.05, 4.69) is 15.3 Å². The minimum atomic E-state index is -0.966. The molecule has 0 fully saturated rings. The van der Waals surface area contributed by atoms with Gasteiger partial charge in [0.05, 0.1) is 17.7 Å². The summed E-state index contributed by atoms with van der Waals surface area (Å²) >= 11 is 0. The summed E-state index contributed by atoms with van der Waals surface area (Å²) in [6.07, 6.45) is 1.41. The highest BCUT2D eigenvalue weighted by Gasteiger charge is 2.07. The van der Waals surface area contributed by atoms with Gasteiger partial charge in [0.2, 0.25) is 0 Å². The monoisotopic (exact) mass is 261 g/mol. The van der Waals surface area contributed by atoms with Gasteiger partial charge in [0.25, 0.3) is 0 Å². The largest absolute Gasteiger partial charge is 0.478 e. The number of benzene rings is 1. The molecule has 0 aliphatic carbocycles. The quantitative estimate of drug-likeness (QED) is 0.771. The van der Waals surface area contributed by atoms with Crippen molar-refractivity contribution in [2.75, 3.05) is 25.1 Å². The highest BCUT2D eigenvalue weighted by atomic mass is 16.5. The van der Waals surface area contributed by atoms with Crippen LogP contribution in [-0.2, 0) is 4.74 Å². The molecule has 0 aliphatic rings. The van der Waals surface area contributed by atoms with Gasteiger partial charge in [-0.05, 0) is 25.1 Å². The van der Waals surface area contributed by atoms with Crippen LogP contribution in [0.5, 0.6) is 0 Å². The maximum atomic E-state index is 10.9. The molecule has 100 valence electrons. The van der Waals surface area contributed by atoms with E-state index in [-0.39, 0.29) is 5.56 Å². The summed E-state index contributed by atoms with van der Waals surface area (Å²) in [5.74, 6) is -0.284. The first-order chi connectivity index (χ1) is 9.22. The van der Waals surface area contributed by atoms with Gasteiger partial charge < -0.3 is 15.2 Å². The van der Waals surface area contributed by atoms with Crippen LogP contribution in [0.25, 0.3) is 10.9 Å². The number of fused-ring (bicyclic) bond motifs is 1. The number of carboxylic acid groups (broad SMARTS) is 1. The van der Waals surface area contributed by atoms with Crippen molar-refractivity contribution in [2.24, 2.45) is 0 Å². The van der Waals surface area contributed by atoms with E-state index in [4.69, 9.17) is 9.84 Å². The Hall–Kier alpha value is -2.21. The van der Waals surface area contributed by atoms with Crippen molar-refractivity contribution >= 4 is 22.7 Å². The van der Waals surface area contributed by atoms with Gasteiger partial charge in [0, 0.05) is 18.5 Å². The molecule has 1 aromatic carbocycles. The molecule has 0 spiro atoms. The van der Waals surface area contributed by atoms with Crippen LogP contribution in [0.3, 0.4) is 0 Å². The average molecular weight is 261 g/mol. The topological polar surface area (TPSA) is 84.3 Å². The van der Waals surface area contributed by atoms with E-state index >= 15 is 0 Å². The van der Waals surface area contributed by atoms with E-state index in [0.29, 0.717) is 31.1 Å². The number of aromatic carboxylic acids is 1. The van der Waals surface area contributed by atoms with Crippen LogP contribution in [-0.4, -0.2) is 40.8 Å². The molecule has 1 heterocycles. The van der Waals surface area contributed by atoms with Crippen LogP contribution < -0.4 is 5.32 Å². The first-order valence-electron chi connectivity index (χ1n) is 6.02. The van der Waals surface area contributed by atoms with Gasteiger partial charge in [0.15, 0.2) is 0 Å². The highest BCUT2D eigenvalue weighted by molar-refractivity contribution is 5.96. The fourth-order valence-electron chi connectivity index (χ4n) is 1.72. The second-order valence-electron chi connectivity index (χ2n) is 3.88. The van der Waals surface area contributed by atoms with Crippen LogP contribution in [0, 0.1) is 0 Å². The average Bonchev–Trinajstić information content (AvgIpc) is 2.43. The van der Waals surface area contributed by atoms with Crippen molar-refractivity contribution in [2.45, 2.75) is 6.92 Å². The Morgan fingerprint density at radius 3 is 3.00 bits per heavy atom. The number of ether oxygens (including phenoxy) is 1. The van der Waals surface area contributed by atoms with Gasteiger partial charge in [-0.1, -0.05) is 0 Å². The number of nitrogens with one attached hydrogen (secondary N) is 1. The molecule has 0 saturated carbocycles. The zero-order chi connectivity index (χ0) is 13.7. The number of aromatic nitrogens is 2. The van der Waals surface area contributed by atoms with Crippen molar-refractivity contribution in [3.8, 4) is 0 Å². The summed E-state index contributed by atoms with van der Waals surface area (Å²) in [6.45, 7) is 3.84. The second-order valence-corrected chi connectivity index (χ2v) is 3.88. The Labute approximate surface area is 110 Å². The highest BCUT2D eigenvalue weighted by Crippen LogP contribution is 2.20. The number of nitrogens with zero attached hydrogens (tertiary/aromatic N) is 2. The Balaban J connectivity index is 2.22. The number of carbonyl (C=O) groups is 1. The summed E-state index contributed by atoms with van der Waals surface area (Å²) in [7, 11) is 0. The van der Waals surface area contributed by atoms with Crippen molar-refractivity contribution in [1.29, 1.82) is 0 Å². The van der Waals surface area contributed by atoms with E-state index in [1.54, 1.807) is 12.1 Å². The SMILES string of the molecule is CCOCCNc1ncnc2cc(C(=O)O)ccc12. The molecule has 0 amide bonds. The third kappa shape index (κ3) is 3.17. The molecule has 0 unspecified atom stereocenters. The van der Waals surface area contributed by atoms with E-state index in [1.807, 2.05) is 6.92 Å². The molecule has 2 aromatic rings. The van der Waals surface area contributed by atoms with Crippen molar-refractivity contribution in [1.82, 2.24) is 9.97 Å². The van der Waals surface area contributed by atoms with Crippen LogP contribution in [0.15, 0.2) is 24.5 Å². The van der Waals surface area contributed by atoms with Crippen LogP contribution in [0.2, 0.25) is 0 Å². The molecule has 2 rings (SSSR count). The molecule has 19 heavy (non-hydrogen) atoms. The number of anilines is 1. The molecule has 0 atom stereocenters. The summed E-state index contributed by atoms with van der Waals surface area (Å²) in [5.41, 5.74) is 0.820. The molecule has 2 N–H and O–H groups in total. The number of rotatable bonds is 6. The van der Waals surface area contributed by atoms with Crippen molar-refractivity contribution < 1.29 is 14.6 Å². The summed E-state index contributed by atoms with van der Waals surface area (Å²) < 4.78 is 5.23. The maximum Gasteiger partial charge on any atom is 0.335 e. The fraction of sp³-hybridized carbons (Fsp3) is 0.308. The van der Waals surface area contributed by atoms with E-state index in [1.165, 1.54) is 12.4 Å². The zero-order valence-corrected chi connectivity index (χ0v) is 10.6. The maximum absolute atomic E-state index is 10.9. The van der Waals surface area contributed by atoms with Gasteiger partial charge >= 0.3 is 5.97 Å². The number of hydrogen-bond acceptors (Lipinski definition) is 5. The minimum Gasteiger partial charge on any atom is -0.478 e. The van der Waals surface area contributed by atoms with Gasteiger partial charge in [-0.15, -0.1) is 0 Å². The number of hydrogen-bond donors (Lipinski definition) is 2. The third-order valence-corrected chi connectivity index (χ3v) is 2.63. The predicted octanol–water partition coefficient (Wildman–Crippen LogP) is 1.78. The lowest BCUT2D eigenvalue weighted by Crippen LogP contribution is -2.10. The smallest absolute Gasteiger partial charge is 0.335 e. The predicted molar refractivity (Wildman–Crippen MR) is 71.5 cm³/mol. The van der Waals surface area contributed by atoms with E-state index in [0.717, 1.165) is 5.39 Å². The first kappa shape index (κ1) is 13.2. The normalized spacial score (nSPS) is 10.6. The lowest BCUT2D eigenvalue weighted by atomic mass is 10.1. The standard InChI is InChI=1S/C13H15N3O3/c1-2-19-6-5-14-12-10-4-3-9(13(17)18)7-11(10)15-8-16-12/h3-4,7-8H,2,5-6H2,1H3,(H,17,18)(H,14,15,16). The molecule has 1 aromatic heterocycles. The van der Waals surface area contributed by atoms with Gasteiger partial charge in [-0.3, -0.25) is 0 Å².